The molecule has 0 saturated carbocycles. The highest BCUT2D eigenvalue weighted by Crippen LogP contribution is 2.08. The first-order valence-corrected chi connectivity index (χ1v) is 5.55. The minimum atomic E-state index is 0.338. The molecule has 0 bridgehead atoms. The van der Waals surface area contributed by atoms with Crippen molar-refractivity contribution in [3.63, 3.8) is 0 Å². The fraction of sp³-hybridized carbons (Fsp3) is 0.538. The molecule has 1 rings (SSSR count). The van der Waals surface area contributed by atoms with Gasteiger partial charge in [-0.1, -0.05) is 31.2 Å². The summed E-state index contributed by atoms with van der Waals surface area (Å²) in [6.07, 6.45) is 4.60. The van der Waals surface area contributed by atoms with Crippen molar-refractivity contribution in [3.8, 4) is 0 Å². The second-order valence-corrected chi connectivity index (χ2v) is 4.04. The van der Waals surface area contributed by atoms with Crippen LogP contribution in [0.2, 0.25) is 0 Å². The maximum absolute atomic E-state index is 5.70. The van der Waals surface area contributed by atoms with Crippen LogP contribution >= 0.6 is 0 Å². The molecule has 0 aromatic heterocycles. The van der Waals surface area contributed by atoms with Gasteiger partial charge in [0.25, 0.3) is 0 Å². The Kier molecular flexibility index (Phi) is 4.68. The molecule has 78 valence electrons. The summed E-state index contributed by atoms with van der Waals surface area (Å²) in [7, 11) is 0. The highest BCUT2D eigenvalue weighted by atomic mass is 14.6. The molecular weight excluding hydrogens is 170 g/mol. The molecule has 14 heavy (non-hydrogen) atoms. The van der Waals surface area contributed by atoms with Gasteiger partial charge >= 0.3 is 0 Å². The molecule has 0 aliphatic rings. The number of aryl methyl sites for hydroxylation is 2. The van der Waals surface area contributed by atoms with Crippen molar-refractivity contribution in [2.45, 2.75) is 45.6 Å². The van der Waals surface area contributed by atoms with Gasteiger partial charge in [0, 0.05) is 6.04 Å². The van der Waals surface area contributed by atoms with E-state index in [0.29, 0.717) is 6.04 Å². The van der Waals surface area contributed by atoms with Gasteiger partial charge in [0.15, 0.2) is 0 Å². The van der Waals surface area contributed by atoms with E-state index in [1.165, 1.54) is 17.5 Å². The third-order valence-corrected chi connectivity index (χ3v) is 2.56. The van der Waals surface area contributed by atoms with Crippen molar-refractivity contribution in [1.29, 1.82) is 0 Å². The molecule has 1 unspecified atom stereocenters. The van der Waals surface area contributed by atoms with Crippen LogP contribution in [0.1, 0.15) is 37.8 Å². The first kappa shape index (κ1) is 11.3. The maximum Gasteiger partial charge on any atom is 0.00105 e. The van der Waals surface area contributed by atoms with Crippen LogP contribution in [0.4, 0.5) is 0 Å². The van der Waals surface area contributed by atoms with E-state index in [1.54, 1.807) is 0 Å². The molecule has 0 amide bonds. The van der Waals surface area contributed by atoms with E-state index in [1.807, 2.05) is 0 Å². The van der Waals surface area contributed by atoms with Crippen molar-refractivity contribution in [1.82, 2.24) is 0 Å². The molecule has 1 aromatic carbocycles. The van der Waals surface area contributed by atoms with Crippen LogP contribution in [0.3, 0.4) is 0 Å². The second kappa shape index (κ2) is 5.82. The number of nitrogens with two attached hydrogens (primary N) is 1. The molecule has 0 saturated heterocycles. The summed E-state index contributed by atoms with van der Waals surface area (Å²) in [5.74, 6) is 0. The molecule has 0 fully saturated rings. The monoisotopic (exact) mass is 191 g/mol. The molecule has 2 N–H and O–H groups in total. The Hall–Kier alpha value is -0.820. The topological polar surface area (TPSA) is 26.0 Å². The second-order valence-electron chi connectivity index (χ2n) is 4.04. The molecule has 0 spiro atoms. The normalized spacial score (nSPS) is 12.8. The lowest BCUT2D eigenvalue weighted by Gasteiger charge is -2.05. The summed E-state index contributed by atoms with van der Waals surface area (Å²) in [5, 5.41) is 0. The molecule has 1 nitrogen and oxygen atoms in total. The number of benzene rings is 1. The fourth-order valence-corrected chi connectivity index (χ4v) is 1.57. The number of rotatable bonds is 5. The Morgan fingerprint density at radius 1 is 1.14 bits per heavy atom. The van der Waals surface area contributed by atoms with Gasteiger partial charge in [0.05, 0.1) is 0 Å². The van der Waals surface area contributed by atoms with Crippen LogP contribution in [-0.4, -0.2) is 6.04 Å². The van der Waals surface area contributed by atoms with Crippen LogP contribution in [0, 0.1) is 0 Å². The van der Waals surface area contributed by atoms with Gasteiger partial charge in [-0.15, -0.1) is 0 Å². The van der Waals surface area contributed by atoms with Crippen molar-refractivity contribution in [3.05, 3.63) is 35.4 Å². The van der Waals surface area contributed by atoms with E-state index in [2.05, 4.69) is 38.1 Å². The predicted octanol–water partition coefficient (Wildman–Crippen LogP) is 2.92. The average molecular weight is 191 g/mol. The minimum absolute atomic E-state index is 0.338. The van der Waals surface area contributed by atoms with Crippen molar-refractivity contribution < 1.29 is 0 Å². The van der Waals surface area contributed by atoms with Crippen LogP contribution < -0.4 is 5.73 Å². The molecular formula is C13H21N. The molecule has 0 aliphatic heterocycles. The van der Waals surface area contributed by atoms with Crippen LogP contribution in [0.5, 0.6) is 0 Å². The van der Waals surface area contributed by atoms with Gasteiger partial charge in [0.1, 0.15) is 0 Å². The van der Waals surface area contributed by atoms with Crippen LogP contribution in [-0.2, 0) is 12.8 Å². The van der Waals surface area contributed by atoms with Gasteiger partial charge < -0.3 is 5.73 Å². The third kappa shape index (κ3) is 3.93. The standard InChI is InChI=1S/C13H21N/c1-3-12-7-9-13(10-8-12)6-4-5-11(2)14/h7-11H,3-6,14H2,1-2H3. The van der Waals surface area contributed by atoms with Crippen molar-refractivity contribution in [2.75, 3.05) is 0 Å². The smallest absolute Gasteiger partial charge is 0.00105 e. The Bertz CT molecular complexity index is 248. The molecule has 1 aromatic rings. The van der Waals surface area contributed by atoms with E-state index in [0.717, 1.165) is 19.3 Å². The van der Waals surface area contributed by atoms with E-state index in [4.69, 9.17) is 5.73 Å². The summed E-state index contributed by atoms with van der Waals surface area (Å²) in [6, 6.07) is 9.26. The summed E-state index contributed by atoms with van der Waals surface area (Å²) in [4.78, 5) is 0. The van der Waals surface area contributed by atoms with E-state index in [9.17, 15) is 0 Å². The summed E-state index contributed by atoms with van der Waals surface area (Å²) >= 11 is 0. The average Bonchev–Trinajstić information content (AvgIpc) is 2.18. The molecule has 0 radical (unpaired) electrons. The summed E-state index contributed by atoms with van der Waals surface area (Å²) in [6.45, 7) is 4.26. The molecule has 1 atom stereocenters. The van der Waals surface area contributed by atoms with Gasteiger partial charge in [-0.25, -0.2) is 0 Å². The number of hydrogen-bond donors (Lipinski definition) is 1. The lowest BCUT2D eigenvalue weighted by Crippen LogP contribution is -2.14. The van der Waals surface area contributed by atoms with Crippen LogP contribution in [0.15, 0.2) is 24.3 Å². The molecule has 1 heteroatoms. The quantitative estimate of drug-likeness (QED) is 0.761. The largest absolute Gasteiger partial charge is 0.328 e. The van der Waals surface area contributed by atoms with E-state index in [-0.39, 0.29) is 0 Å². The SMILES string of the molecule is CCc1ccc(CCCC(C)N)cc1. The number of hydrogen-bond acceptors (Lipinski definition) is 1. The first-order chi connectivity index (χ1) is 6.72. The van der Waals surface area contributed by atoms with E-state index < -0.39 is 0 Å². The zero-order valence-electron chi connectivity index (χ0n) is 9.29. The lowest BCUT2D eigenvalue weighted by atomic mass is 10.0. The predicted molar refractivity (Wildman–Crippen MR) is 62.4 cm³/mol. The van der Waals surface area contributed by atoms with Gasteiger partial charge in [-0.3, -0.25) is 0 Å². The third-order valence-electron chi connectivity index (χ3n) is 2.56. The maximum atomic E-state index is 5.70. The molecule has 0 aliphatic carbocycles. The zero-order valence-corrected chi connectivity index (χ0v) is 9.29. The lowest BCUT2D eigenvalue weighted by molar-refractivity contribution is 0.624. The zero-order chi connectivity index (χ0) is 10.4. The Morgan fingerprint density at radius 2 is 1.71 bits per heavy atom. The highest BCUT2D eigenvalue weighted by Gasteiger charge is 1.96. The summed E-state index contributed by atoms with van der Waals surface area (Å²) < 4.78 is 0. The van der Waals surface area contributed by atoms with Gasteiger partial charge in [-0.2, -0.15) is 0 Å². The van der Waals surface area contributed by atoms with E-state index >= 15 is 0 Å². The highest BCUT2D eigenvalue weighted by molar-refractivity contribution is 5.22. The minimum Gasteiger partial charge on any atom is -0.328 e. The van der Waals surface area contributed by atoms with Gasteiger partial charge in [0.2, 0.25) is 0 Å². The Labute approximate surface area is 87.3 Å². The summed E-state index contributed by atoms with van der Waals surface area (Å²) in [5.41, 5.74) is 8.55. The molecule has 0 heterocycles. The Morgan fingerprint density at radius 3 is 2.21 bits per heavy atom. The van der Waals surface area contributed by atoms with Crippen LogP contribution in [0.25, 0.3) is 0 Å². The fourth-order valence-electron chi connectivity index (χ4n) is 1.57. The van der Waals surface area contributed by atoms with Crippen molar-refractivity contribution >= 4 is 0 Å². The van der Waals surface area contributed by atoms with Gasteiger partial charge in [-0.05, 0) is 43.7 Å². The Balaban J connectivity index is 2.36. The van der Waals surface area contributed by atoms with Crippen molar-refractivity contribution in [2.24, 2.45) is 5.73 Å². The first-order valence-electron chi connectivity index (χ1n) is 5.55.